The zero-order chi connectivity index (χ0) is 14.8. The summed E-state index contributed by atoms with van der Waals surface area (Å²) in [4.78, 5) is 16.1. The van der Waals surface area contributed by atoms with Crippen molar-refractivity contribution in [2.24, 2.45) is 0 Å². The fraction of sp³-hybridized carbons (Fsp3) is 0.133. The summed E-state index contributed by atoms with van der Waals surface area (Å²) in [5.41, 5.74) is 1.53. The molecule has 3 rings (SSSR count). The standard InChI is InChI=1S/C15H13N3O3/c1-21-15(20)11-6-4-8-18-14(11)16-13(17-18)9-10-5-2-3-7-12(10)19/h2-8,19H,9H2,1H3. The van der Waals surface area contributed by atoms with Gasteiger partial charge < -0.3 is 9.84 Å². The van der Waals surface area contributed by atoms with E-state index < -0.39 is 5.97 Å². The maximum Gasteiger partial charge on any atom is 0.341 e. The van der Waals surface area contributed by atoms with E-state index in [-0.39, 0.29) is 5.75 Å². The Morgan fingerprint density at radius 3 is 2.86 bits per heavy atom. The van der Waals surface area contributed by atoms with Crippen molar-refractivity contribution in [2.45, 2.75) is 6.42 Å². The van der Waals surface area contributed by atoms with Gasteiger partial charge >= 0.3 is 5.97 Å². The summed E-state index contributed by atoms with van der Waals surface area (Å²) in [6.07, 6.45) is 2.10. The topological polar surface area (TPSA) is 76.7 Å². The average Bonchev–Trinajstić information content (AvgIpc) is 2.91. The van der Waals surface area contributed by atoms with Crippen molar-refractivity contribution >= 4 is 11.6 Å². The second-order valence-electron chi connectivity index (χ2n) is 4.52. The van der Waals surface area contributed by atoms with Gasteiger partial charge in [0, 0.05) is 18.2 Å². The molecule has 1 aromatic carbocycles. The Morgan fingerprint density at radius 2 is 2.10 bits per heavy atom. The zero-order valence-corrected chi connectivity index (χ0v) is 11.4. The maximum atomic E-state index is 11.7. The van der Waals surface area contributed by atoms with E-state index in [9.17, 15) is 9.90 Å². The molecule has 3 aromatic rings. The van der Waals surface area contributed by atoms with Crippen molar-refractivity contribution in [2.75, 3.05) is 7.11 Å². The lowest BCUT2D eigenvalue weighted by Gasteiger charge is -1.99. The molecule has 0 spiro atoms. The van der Waals surface area contributed by atoms with Gasteiger partial charge in [-0.15, -0.1) is 0 Å². The molecule has 0 saturated carbocycles. The van der Waals surface area contributed by atoms with Crippen LogP contribution in [0.2, 0.25) is 0 Å². The summed E-state index contributed by atoms with van der Waals surface area (Å²) in [5.74, 6) is 0.263. The quantitative estimate of drug-likeness (QED) is 0.742. The van der Waals surface area contributed by atoms with Gasteiger partial charge in [-0.3, -0.25) is 0 Å². The van der Waals surface area contributed by atoms with Crippen LogP contribution in [0.4, 0.5) is 0 Å². The number of pyridine rings is 1. The highest BCUT2D eigenvalue weighted by Gasteiger charge is 2.15. The van der Waals surface area contributed by atoms with Crippen molar-refractivity contribution in [1.29, 1.82) is 0 Å². The molecule has 2 aromatic heterocycles. The van der Waals surface area contributed by atoms with Crippen LogP contribution in [0.1, 0.15) is 21.7 Å². The number of benzene rings is 1. The molecule has 21 heavy (non-hydrogen) atoms. The molecular formula is C15H13N3O3. The Kier molecular flexibility index (Phi) is 3.27. The summed E-state index contributed by atoms with van der Waals surface area (Å²) >= 11 is 0. The molecule has 106 valence electrons. The number of nitrogens with zero attached hydrogens (tertiary/aromatic N) is 3. The predicted molar refractivity (Wildman–Crippen MR) is 75.2 cm³/mol. The summed E-state index contributed by atoms with van der Waals surface area (Å²) < 4.78 is 6.26. The molecule has 6 heteroatoms. The first kappa shape index (κ1) is 13.1. The number of methoxy groups -OCH3 is 1. The number of rotatable bonds is 3. The molecule has 0 bridgehead atoms. The third-order valence-electron chi connectivity index (χ3n) is 3.15. The lowest BCUT2D eigenvalue weighted by molar-refractivity contribution is 0.0602. The number of esters is 1. The first-order valence-electron chi connectivity index (χ1n) is 6.38. The molecule has 1 N–H and O–H groups in total. The Morgan fingerprint density at radius 1 is 1.29 bits per heavy atom. The first-order valence-corrected chi connectivity index (χ1v) is 6.38. The SMILES string of the molecule is COC(=O)c1cccn2nc(Cc3ccccc3O)nc12. The lowest BCUT2D eigenvalue weighted by Crippen LogP contribution is -2.04. The lowest BCUT2D eigenvalue weighted by atomic mass is 10.1. The van der Waals surface area contributed by atoms with Crippen LogP contribution >= 0.6 is 0 Å². The summed E-state index contributed by atoms with van der Waals surface area (Å²) in [6, 6.07) is 10.4. The molecule has 0 amide bonds. The number of aromatic nitrogens is 3. The molecular weight excluding hydrogens is 270 g/mol. The van der Waals surface area contributed by atoms with Crippen molar-refractivity contribution in [3.63, 3.8) is 0 Å². The van der Waals surface area contributed by atoms with Crippen LogP contribution in [-0.2, 0) is 11.2 Å². The Hall–Kier alpha value is -2.89. The van der Waals surface area contributed by atoms with Gasteiger partial charge in [0.1, 0.15) is 11.3 Å². The average molecular weight is 283 g/mol. The minimum atomic E-state index is -0.456. The number of hydrogen-bond donors (Lipinski definition) is 1. The van der Waals surface area contributed by atoms with E-state index in [2.05, 4.69) is 10.1 Å². The molecule has 6 nitrogen and oxygen atoms in total. The van der Waals surface area contributed by atoms with E-state index in [1.54, 1.807) is 30.5 Å². The van der Waals surface area contributed by atoms with E-state index in [0.717, 1.165) is 5.56 Å². The maximum absolute atomic E-state index is 11.7. The molecule has 0 aliphatic heterocycles. The van der Waals surface area contributed by atoms with Gasteiger partial charge in [-0.25, -0.2) is 14.3 Å². The minimum absolute atomic E-state index is 0.199. The third kappa shape index (κ3) is 2.43. The van der Waals surface area contributed by atoms with E-state index >= 15 is 0 Å². The molecule has 0 unspecified atom stereocenters. The van der Waals surface area contributed by atoms with Crippen molar-refractivity contribution < 1.29 is 14.6 Å². The van der Waals surface area contributed by atoms with Gasteiger partial charge in [-0.2, -0.15) is 5.10 Å². The molecule has 0 aliphatic carbocycles. The van der Waals surface area contributed by atoms with Gasteiger partial charge in [0.2, 0.25) is 0 Å². The van der Waals surface area contributed by atoms with Crippen LogP contribution < -0.4 is 0 Å². The summed E-state index contributed by atoms with van der Waals surface area (Å²) in [5, 5.41) is 14.1. The Bertz CT molecular complexity index is 811. The van der Waals surface area contributed by atoms with Gasteiger partial charge in [0.05, 0.1) is 7.11 Å². The molecule has 0 atom stereocenters. The number of para-hydroxylation sites is 1. The zero-order valence-electron chi connectivity index (χ0n) is 11.4. The number of fused-ring (bicyclic) bond motifs is 1. The number of phenols is 1. The molecule has 0 saturated heterocycles. The van der Waals surface area contributed by atoms with Gasteiger partial charge in [-0.1, -0.05) is 18.2 Å². The number of carbonyl (C=O) groups is 1. The molecule has 0 radical (unpaired) electrons. The van der Waals surface area contributed by atoms with Crippen LogP contribution in [-0.4, -0.2) is 32.8 Å². The van der Waals surface area contributed by atoms with E-state index in [4.69, 9.17) is 4.74 Å². The largest absolute Gasteiger partial charge is 0.508 e. The highest BCUT2D eigenvalue weighted by Crippen LogP contribution is 2.19. The van der Waals surface area contributed by atoms with Crippen LogP contribution in [0, 0.1) is 0 Å². The van der Waals surface area contributed by atoms with E-state index in [0.29, 0.717) is 23.5 Å². The minimum Gasteiger partial charge on any atom is -0.508 e. The summed E-state index contributed by atoms with van der Waals surface area (Å²) in [7, 11) is 1.32. The van der Waals surface area contributed by atoms with Crippen LogP contribution in [0.15, 0.2) is 42.6 Å². The normalized spacial score (nSPS) is 10.7. The molecule has 0 fully saturated rings. The van der Waals surface area contributed by atoms with E-state index in [1.807, 2.05) is 12.1 Å². The Balaban J connectivity index is 2.02. The highest BCUT2D eigenvalue weighted by molar-refractivity contribution is 5.95. The van der Waals surface area contributed by atoms with Gasteiger partial charge in [-0.05, 0) is 18.2 Å². The fourth-order valence-corrected chi connectivity index (χ4v) is 2.13. The second-order valence-corrected chi connectivity index (χ2v) is 4.52. The number of phenolic OH excluding ortho intramolecular Hbond substituents is 1. The summed E-state index contributed by atoms with van der Waals surface area (Å²) in [6.45, 7) is 0. The second kappa shape index (κ2) is 5.24. The number of aromatic hydroxyl groups is 1. The first-order chi connectivity index (χ1) is 10.2. The van der Waals surface area contributed by atoms with Crippen molar-refractivity contribution in [3.05, 3.63) is 59.5 Å². The fourth-order valence-electron chi connectivity index (χ4n) is 2.13. The third-order valence-corrected chi connectivity index (χ3v) is 3.15. The smallest absolute Gasteiger partial charge is 0.341 e. The van der Waals surface area contributed by atoms with Gasteiger partial charge in [0.25, 0.3) is 0 Å². The van der Waals surface area contributed by atoms with Crippen LogP contribution in [0.25, 0.3) is 5.65 Å². The van der Waals surface area contributed by atoms with Crippen LogP contribution in [0.5, 0.6) is 5.75 Å². The highest BCUT2D eigenvalue weighted by atomic mass is 16.5. The van der Waals surface area contributed by atoms with Gasteiger partial charge in [0.15, 0.2) is 11.5 Å². The van der Waals surface area contributed by atoms with Crippen molar-refractivity contribution in [3.8, 4) is 5.75 Å². The van der Waals surface area contributed by atoms with E-state index in [1.165, 1.54) is 11.6 Å². The predicted octanol–water partition coefficient (Wildman–Crippen LogP) is 1.81. The Labute approximate surface area is 120 Å². The number of carbonyl (C=O) groups excluding carboxylic acids is 1. The number of hydrogen-bond acceptors (Lipinski definition) is 5. The molecule has 0 aliphatic rings. The number of ether oxygens (including phenoxy) is 1. The monoisotopic (exact) mass is 283 g/mol. The van der Waals surface area contributed by atoms with Crippen molar-refractivity contribution in [1.82, 2.24) is 14.6 Å². The van der Waals surface area contributed by atoms with Crippen LogP contribution in [0.3, 0.4) is 0 Å². The molecule has 2 heterocycles.